The lowest BCUT2D eigenvalue weighted by Gasteiger charge is -2.30. The number of piperidine rings is 1. The Kier molecular flexibility index (Phi) is 7.99. The summed E-state index contributed by atoms with van der Waals surface area (Å²) in [7, 11) is -2.29. The Morgan fingerprint density at radius 2 is 1.89 bits per heavy atom. The maximum Gasteiger partial charge on any atom is 0.305 e. The first-order valence-corrected chi connectivity index (χ1v) is 11.0. The second-order valence-corrected chi connectivity index (χ2v) is 8.88. The van der Waals surface area contributed by atoms with Gasteiger partial charge in [-0.3, -0.25) is 9.59 Å². The van der Waals surface area contributed by atoms with Crippen LogP contribution < -0.4 is 5.32 Å². The predicted molar refractivity (Wildman–Crippen MR) is 101 cm³/mol. The molecule has 158 valence electrons. The molecule has 0 unspecified atom stereocenters. The molecule has 0 saturated carbocycles. The molecule has 0 bridgehead atoms. The number of hydrogen-bond acceptors (Lipinski definition) is 7. The standard InChI is InChI=1S/C18H29N3O6S/c1-13-17(14(2)27-20-13)28(24,25)21-11-8-15(9-12-21)18(23)19-10-6-4-5-7-16(22)26-3/h15H,4-12H2,1-3H3,(H,19,23). The van der Waals surface area contributed by atoms with Crippen molar-refractivity contribution >= 4 is 21.9 Å². The zero-order chi connectivity index (χ0) is 20.7. The van der Waals surface area contributed by atoms with Gasteiger partial charge in [-0.15, -0.1) is 0 Å². The van der Waals surface area contributed by atoms with Crippen LogP contribution >= 0.6 is 0 Å². The number of hydrogen-bond donors (Lipinski definition) is 1. The van der Waals surface area contributed by atoms with Crippen LogP contribution in [-0.4, -0.2) is 56.5 Å². The highest BCUT2D eigenvalue weighted by Crippen LogP contribution is 2.27. The Morgan fingerprint density at radius 1 is 1.21 bits per heavy atom. The quantitative estimate of drug-likeness (QED) is 0.480. The van der Waals surface area contributed by atoms with Crippen LogP contribution in [0.2, 0.25) is 0 Å². The Labute approximate surface area is 165 Å². The number of methoxy groups -OCH3 is 1. The fourth-order valence-corrected chi connectivity index (χ4v) is 5.12. The van der Waals surface area contributed by atoms with Crippen molar-refractivity contribution < 1.29 is 27.3 Å². The van der Waals surface area contributed by atoms with Gasteiger partial charge in [0.25, 0.3) is 0 Å². The van der Waals surface area contributed by atoms with Crippen molar-refractivity contribution in [1.29, 1.82) is 0 Å². The Bertz CT molecular complexity index is 762. The maximum atomic E-state index is 12.8. The number of esters is 1. The average molecular weight is 416 g/mol. The number of unbranched alkanes of at least 4 members (excludes halogenated alkanes) is 2. The minimum absolute atomic E-state index is 0.0395. The van der Waals surface area contributed by atoms with Crippen molar-refractivity contribution in [2.75, 3.05) is 26.7 Å². The molecule has 2 rings (SSSR count). The largest absolute Gasteiger partial charge is 0.469 e. The van der Waals surface area contributed by atoms with E-state index in [0.29, 0.717) is 44.6 Å². The molecule has 9 nitrogen and oxygen atoms in total. The van der Waals surface area contributed by atoms with Gasteiger partial charge in [-0.1, -0.05) is 11.6 Å². The van der Waals surface area contributed by atoms with E-state index < -0.39 is 10.0 Å². The van der Waals surface area contributed by atoms with Gasteiger partial charge in [0.1, 0.15) is 10.6 Å². The minimum atomic E-state index is -3.66. The second kappa shape index (κ2) is 10.0. The van der Waals surface area contributed by atoms with Gasteiger partial charge in [-0.25, -0.2) is 8.42 Å². The number of aryl methyl sites for hydroxylation is 2. The van der Waals surface area contributed by atoms with Crippen LogP contribution in [0.3, 0.4) is 0 Å². The molecule has 1 aliphatic heterocycles. The van der Waals surface area contributed by atoms with E-state index in [4.69, 9.17) is 4.52 Å². The molecule has 28 heavy (non-hydrogen) atoms. The highest BCUT2D eigenvalue weighted by atomic mass is 32.2. The van der Waals surface area contributed by atoms with E-state index in [1.807, 2.05) is 0 Å². The molecular weight excluding hydrogens is 386 g/mol. The number of carbonyl (C=O) groups excluding carboxylic acids is 2. The summed E-state index contributed by atoms with van der Waals surface area (Å²) in [5, 5.41) is 6.63. The zero-order valence-corrected chi connectivity index (χ0v) is 17.5. The molecule has 1 N–H and O–H groups in total. The molecule has 0 radical (unpaired) electrons. The molecule has 1 amide bonds. The van der Waals surface area contributed by atoms with Gasteiger partial charge in [-0.05, 0) is 39.5 Å². The van der Waals surface area contributed by atoms with Crippen LogP contribution in [0.4, 0.5) is 0 Å². The second-order valence-electron chi connectivity index (χ2n) is 7.01. The van der Waals surface area contributed by atoms with Crippen LogP contribution in [-0.2, 0) is 24.3 Å². The summed E-state index contributed by atoms with van der Waals surface area (Å²) >= 11 is 0. The number of sulfonamides is 1. The zero-order valence-electron chi connectivity index (χ0n) is 16.7. The van der Waals surface area contributed by atoms with Gasteiger partial charge in [0, 0.05) is 32.0 Å². The molecule has 1 aromatic rings. The van der Waals surface area contributed by atoms with Crippen molar-refractivity contribution in [3.8, 4) is 0 Å². The van der Waals surface area contributed by atoms with Crippen molar-refractivity contribution in [2.24, 2.45) is 5.92 Å². The molecule has 0 aromatic carbocycles. The van der Waals surface area contributed by atoms with Gasteiger partial charge in [0.15, 0.2) is 5.76 Å². The summed E-state index contributed by atoms with van der Waals surface area (Å²) in [5.41, 5.74) is 0.351. The first-order valence-electron chi connectivity index (χ1n) is 9.55. The van der Waals surface area contributed by atoms with Crippen LogP contribution in [0.25, 0.3) is 0 Å². The van der Waals surface area contributed by atoms with Crippen molar-refractivity contribution in [3.63, 3.8) is 0 Å². The topological polar surface area (TPSA) is 119 Å². The fourth-order valence-electron chi connectivity index (χ4n) is 3.36. The van der Waals surface area contributed by atoms with Gasteiger partial charge in [0.05, 0.1) is 7.11 Å². The van der Waals surface area contributed by atoms with Crippen LogP contribution in [0.15, 0.2) is 9.42 Å². The third-order valence-electron chi connectivity index (χ3n) is 4.98. The minimum Gasteiger partial charge on any atom is -0.469 e. The van der Waals surface area contributed by atoms with E-state index in [9.17, 15) is 18.0 Å². The van der Waals surface area contributed by atoms with Gasteiger partial charge in [0.2, 0.25) is 15.9 Å². The first kappa shape index (κ1) is 22.4. The number of rotatable bonds is 9. The van der Waals surface area contributed by atoms with E-state index >= 15 is 0 Å². The van der Waals surface area contributed by atoms with Crippen LogP contribution in [0.1, 0.15) is 50.0 Å². The van der Waals surface area contributed by atoms with Crippen molar-refractivity contribution in [3.05, 3.63) is 11.5 Å². The van der Waals surface area contributed by atoms with E-state index in [2.05, 4.69) is 15.2 Å². The molecule has 2 heterocycles. The predicted octanol–water partition coefficient (Wildman–Crippen LogP) is 1.54. The molecule has 1 saturated heterocycles. The monoisotopic (exact) mass is 415 g/mol. The summed E-state index contributed by atoms with van der Waals surface area (Å²) in [5.74, 6) is -0.166. The van der Waals surface area contributed by atoms with Crippen molar-refractivity contribution in [2.45, 2.75) is 57.3 Å². The van der Waals surface area contributed by atoms with Gasteiger partial charge >= 0.3 is 5.97 Å². The molecule has 1 aromatic heterocycles. The molecule has 0 spiro atoms. The molecule has 1 aliphatic rings. The van der Waals surface area contributed by atoms with Gasteiger partial charge < -0.3 is 14.6 Å². The highest BCUT2D eigenvalue weighted by molar-refractivity contribution is 7.89. The lowest BCUT2D eigenvalue weighted by atomic mass is 9.97. The summed E-state index contributed by atoms with van der Waals surface area (Å²) in [6.07, 6.45) is 3.72. The Hall–Kier alpha value is -1.94. The van der Waals surface area contributed by atoms with Crippen LogP contribution in [0, 0.1) is 19.8 Å². The summed E-state index contributed by atoms with van der Waals surface area (Å²) < 4.78 is 36.6. The SMILES string of the molecule is COC(=O)CCCCCNC(=O)C1CCN(S(=O)(=O)c2c(C)noc2C)CC1. The van der Waals surface area contributed by atoms with E-state index in [1.165, 1.54) is 11.4 Å². The number of ether oxygens (including phenoxy) is 1. The molecule has 0 aliphatic carbocycles. The van der Waals surface area contributed by atoms with E-state index in [1.54, 1.807) is 13.8 Å². The third-order valence-corrected chi connectivity index (χ3v) is 7.12. The highest BCUT2D eigenvalue weighted by Gasteiger charge is 2.35. The lowest BCUT2D eigenvalue weighted by Crippen LogP contribution is -2.43. The summed E-state index contributed by atoms with van der Waals surface area (Å²) in [6, 6.07) is 0. The molecular formula is C18H29N3O6S. The molecule has 0 atom stereocenters. The summed E-state index contributed by atoms with van der Waals surface area (Å²) in [4.78, 5) is 23.4. The van der Waals surface area contributed by atoms with E-state index in [0.717, 1.165) is 19.3 Å². The fraction of sp³-hybridized carbons (Fsp3) is 0.722. The molecule has 10 heteroatoms. The number of carbonyl (C=O) groups is 2. The van der Waals surface area contributed by atoms with Crippen LogP contribution in [0.5, 0.6) is 0 Å². The lowest BCUT2D eigenvalue weighted by molar-refractivity contribution is -0.140. The number of nitrogens with zero attached hydrogens (tertiary/aromatic N) is 2. The summed E-state index contributed by atoms with van der Waals surface area (Å²) in [6.45, 7) is 4.33. The van der Waals surface area contributed by atoms with Crippen molar-refractivity contribution in [1.82, 2.24) is 14.8 Å². The number of nitrogens with one attached hydrogen (secondary N) is 1. The number of aromatic nitrogens is 1. The Morgan fingerprint density at radius 3 is 2.46 bits per heavy atom. The first-order chi connectivity index (χ1) is 13.3. The average Bonchev–Trinajstić information content (AvgIpc) is 3.03. The van der Waals surface area contributed by atoms with Gasteiger partial charge in [-0.2, -0.15) is 4.31 Å². The smallest absolute Gasteiger partial charge is 0.305 e. The number of amides is 1. The molecule has 1 fully saturated rings. The third kappa shape index (κ3) is 5.54. The van der Waals surface area contributed by atoms with E-state index in [-0.39, 0.29) is 28.5 Å². The normalized spacial score (nSPS) is 16.1. The Balaban J connectivity index is 1.74. The maximum absolute atomic E-state index is 12.8.